The highest BCUT2D eigenvalue weighted by molar-refractivity contribution is 7.14. The second-order valence-electron chi connectivity index (χ2n) is 4.56. The van der Waals surface area contributed by atoms with Crippen LogP contribution in [0.2, 0.25) is 0 Å². The van der Waals surface area contributed by atoms with E-state index in [1.54, 1.807) is 23.5 Å². The predicted octanol–water partition coefficient (Wildman–Crippen LogP) is 3.50. The number of thiophene rings is 1. The van der Waals surface area contributed by atoms with Crippen molar-refractivity contribution in [3.05, 3.63) is 51.7 Å². The number of likely N-dealkylation sites (N-methyl/N-ethyl adjacent to an activating group) is 1. The van der Waals surface area contributed by atoms with Crippen molar-refractivity contribution in [2.45, 2.75) is 13.3 Å². The van der Waals surface area contributed by atoms with E-state index in [0.29, 0.717) is 12.1 Å². The van der Waals surface area contributed by atoms with Gasteiger partial charge in [0.15, 0.2) is 5.78 Å². The maximum atomic E-state index is 12.2. The van der Waals surface area contributed by atoms with Crippen molar-refractivity contribution in [1.29, 1.82) is 5.26 Å². The van der Waals surface area contributed by atoms with Crippen LogP contribution in [0.5, 0.6) is 0 Å². The lowest BCUT2D eigenvalue weighted by Crippen LogP contribution is -2.25. The Kier molecular flexibility index (Phi) is 4.54. The van der Waals surface area contributed by atoms with E-state index in [1.807, 2.05) is 36.2 Å². The number of Topliss-reactive ketones (excluding diaryl/α,β-unsaturated/α-hetero) is 1. The van der Waals surface area contributed by atoms with Crippen LogP contribution in [0.15, 0.2) is 36.4 Å². The third-order valence-corrected chi connectivity index (χ3v) is 4.35. The van der Waals surface area contributed by atoms with Crippen molar-refractivity contribution in [1.82, 2.24) is 0 Å². The van der Waals surface area contributed by atoms with Crippen LogP contribution in [0.1, 0.15) is 27.0 Å². The summed E-state index contributed by atoms with van der Waals surface area (Å²) < 4.78 is 0. The Balaban J connectivity index is 2.08. The summed E-state index contributed by atoms with van der Waals surface area (Å²) in [6.07, 6.45) is 0.956. The number of rotatable bonds is 5. The summed E-state index contributed by atoms with van der Waals surface area (Å²) in [6, 6.07) is 13.3. The van der Waals surface area contributed by atoms with E-state index in [2.05, 4.69) is 13.0 Å². The Bertz CT molecular complexity index is 654. The number of carbonyl (C=O) groups excluding carboxylic acids is 1. The molecule has 0 saturated carbocycles. The van der Waals surface area contributed by atoms with Gasteiger partial charge in [0, 0.05) is 17.6 Å². The Labute approximate surface area is 123 Å². The number of nitrogens with zero attached hydrogens (tertiary/aromatic N) is 2. The van der Waals surface area contributed by atoms with Crippen molar-refractivity contribution < 1.29 is 4.79 Å². The normalized spacial score (nSPS) is 10.1. The molecule has 1 heterocycles. The lowest BCUT2D eigenvalue weighted by atomic mass is 10.2. The molecule has 0 radical (unpaired) electrons. The smallest absolute Gasteiger partial charge is 0.191 e. The van der Waals surface area contributed by atoms with Gasteiger partial charge in [0.05, 0.1) is 23.1 Å². The molecule has 0 spiro atoms. The van der Waals surface area contributed by atoms with Crippen LogP contribution in [0.3, 0.4) is 0 Å². The molecule has 0 atom stereocenters. The number of carbonyl (C=O) groups is 1. The van der Waals surface area contributed by atoms with Crippen LogP contribution in [-0.2, 0) is 6.42 Å². The average molecular weight is 284 g/mol. The monoisotopic (exact) mass is 284 g/mol. The molecule has 0 amide bonds. The van der Waals surface area contributed by atoms with Gasteiger partial charge in [-0.1, -0.05) is 13.0 Å². The van der Waals surface area contributed by atoms with Crippen molar-refractivity contribution in [2.75, 3.05) is 18.5 Å². The summed E-state index contributed by atoms with van der Waals surface area (Å²) in [6.45, 7) is 2.40. The fraction of sp³-hybridized carbons (Fsp3) is 0.250. The van der Waals surface area contributed by atoms with Crippen molar-refractivity contribution in [3.8, 4) is 6.07 Å². The molecule has 0 unspecified atom stereocenters. The zero-order chi connectivity index (χ0) is 14.5. The zero-order valence-electron chi connectivity index (χ0n) is 11.6. The number of anilines is 1. The molecule has 3 nitrogen and oxygen atoms in total. The molecule has 0 saturated heterocycles. The van der Waals surface area contributed by atoms with E-state index in [-0.39, 0.29) is 5.78 Å². The number of hydrogen-bond donors (Lipinski definition) is 0. The van der Waals surface area contributed by atoms with Crippen LogP contribution >= 0.6 is 11.3 Å². The molecular weight excluding hydrogens is 268 g/mol. The topological polar surface area (TPSA) is 44.1 Å². The van der Waals surface area contributed by atoms with E-state index in [0.717, 1.165) is 17.0 Å². The molecule has 2 aromatic rings. The molecule has 0 N–H and O–H groups in total. The number of benzene rings is 1. The minimum absolute atomic E-state index is 0.111. The number of aryl methyl sites for hydroxylation is 1. The van der Waals surface area contributed by atoms with Gasteiger partial charge in [-0.3, -0.25) is 4.79 Å². The van der Waals surface area contributed by atoms with E-state index in [1.165, 1.54) is 4.88 Å². The molecule has 4 heteroatoms. The first-order valence-electron chi connectivity index (χ1n) is 6.47. The van der Waals surface area contributed by atoms with Gasteiger partial charge in [0.1, 0.15) is 0 Å². The SMILES string of the molecule is CCc1ccc(C(=O)CN(C)c2cccc(C#N)c2)s1. The Hall–Kier alpha value is -2.12. The Morgan fingerprint density at radius 1 is 1.35 bits per heavy atom. The first-order valence-corrected chi connectivity index (χ1v) is 7.29. The quantitative estimate of drug-likeness (QED) is 0.789. The number of nitriles is 1. The lowest BCUT2D eigenvalue weighted by Gasteiger charge is -2.18. The van der Waals surface area contributed by atoms with Crippen molar-refractivity contribution >= 4 is 22.8 Å². The average Bonchev–Trinajstić information content (AvgIpc) is 2.96. The number of ketones is 1. The molecule has 0 fully saturated rings. The van der Waals surface area contributed by atoms with E-state index in [9.17, 15) is 4.79 Å². The van der Waals surface area contributed by atoms with Gasteiger partial charge in [-0.2, -0.15) is 5.26 Å². The zero-order valence-corrected chi connectivity index (χ0v) is 12.4. The summed E-state index contributed by atoms with van der Waals surface area (Å²) in [5.41, 5.74) is 1.48. The van der Waals surface area contributed by atoms with Gasteiger partial charge in [0.25, 0.3) is 0 Å². The second-order valence-corrected chi connectivity index (χ2v) is 5.73. The van der Waals surface area contributed by atoms with Crippen molar-refractivity contribution in [2.24, 2.45) is 0 Å². The minimum Gasteiger partial charge on any atom is -0.367 e. The molecule has 0 aliphatic heterocycles. The summed E-state index contributed by atoms with van der Waals surface area (Å²) in [5, 5.41) is 8.90. The third kappa shape index (κ3) is 3.25. The van der Waals surface area contributed by atoms with Crippen LogP contribution in [-0.4, -0.2) is 19.4 Å². The van der Waals surface area contributed by atoms with Gasteiger partial charge in [-0.25, -0.2) is 0 Å². The Morgan fingerprint density at radius 3 is 2.80 bits per heavy atom. The van der Waals surface area contributed by atoms with Gasteiger partial charge in [-0.05, 0) is 36.8 Å². The molecule has 0 bridgehead atoms. The van der Waals surface area contributed by atoms with Crippen LogP contribution in [0, 0.1) is 11.3 Å². The van der Waals surface area contributed by atoms with E-state index >= 15 is 0 Å². The van der Waals surface area contributed by atoms with Gasteiger partial charge >= 0.3 is 0 Å². The van der Waals surface area contributed by atoms with Crippen LogP contribution in [0.4, 0.5) is 5.69 Å². The summed E-state index contributed by atoms with van der Waals surface area (Å²) in [7, 11) is 1.86. The predicted molar refractivity (Wildman–Crippen MR) is 82.5 cm³/mol. The van der Waals surface area contributed by atoms with E-state index < -0.39 is 0 Å². The molecular formula is C16H16N2OS. The maximum Gasteiger partial charge on any atom is 0.191 e. The van der Waals surface area contributed by atoms with Crippen LogP contribution in [0.25, 0.3) is 0 Å². The molecule has 0 aliphatic rings. The standard InChI is InChI=1S/C16H16N2OS/c1-3-14-7-8-16(20-14)15(19)11-18(2)13-6-4-5-12(9-13)10-17/h4-9H,3,11H2,1-2H3. The Morgan fingerprint density at radius 2 is 2.15 bits per heavy atom. The highest BCUT2D eigenvalue weighted by atomic mass is 32.1. The third-order valence-electron chi connectivity index (χ3n) is 3.08. The van der Waals surface area contributed by atoms with E-state index in [4.69, 9.17) is 5.26 Å². The molecule has 1 aromatic carbocycles. The fourth-order valence-corrected chi connectivity index (χ4v) is 2.79. The van der Waals surface area contributed by atoms with Gasteiger partial charge < -0.3 is 4.90 Å². The summed E-state index contributed by atoms with van der Waals surface area (Å²) >= 11 is 1.56. The fourth-order valence-electron chi connectivity index (χ4n) is 1.92. The number of hydrogen-bond acceptors (Lipinski definition) is 4. The molecule has 20 heavy (non-hydrogen) atoms. The summed E-state index contributed by atoms with van der Waals surface area (Å²) in [5.74, 6) is 0.111. The molecule has 1 aromatic heterocycles. The lowest BCUT2D eigenvalue weighted by molar-refractivity contribution is 0.100. The minimum atomic E-state index is 0.111. The first-order chi connectivity index (χ1) is 9.63. The van der Waals surface area contributed by atoms with Crippen LogP contribution < -0.4 is 4.90 Å². The summed E-state index contributed by atoms with van der Waals surface area (Å²) in [4.78, 5) is 16.1. The maximum absolute atomic E-state index is 12.2. The highest BCUT2D eigenvalue weighted by Crippen LogP contribution is 2.19. The molecule has 102 valence electrons. The first kappa shape index (κ1) is 14.3. The molecule has 2 rings (SSSR count). The highest BCUT2D eigenvalue weighted by Gasteiger charge is 2.12. The van der Waals surface area contributed by atoms with Gasteiger partial charge in [-0.15, -0.1) is 11.3 Å². The molecule has 0 aliphatic carbocycles. The van der Waals surface area contributed by atoms with Crippen molar-refractivity contribution in [3.63, 3.8) is 0 Å². The second kappa shape index (κ2) is 6.36. The van der Waals surface area contributed by atoms with Gasteiger partial charge in [0.2, 0.25) is 0 Å². The largest absolute Gasteiger partial charge is 0.367 e.